The molecule has 0 bridgehead atoms. The first-order valence-corrected chi connectivity index (χ1v) is 8.17. The summed E-state index contributed by atoms with van der Waals surface area (Å²) in [6.45, 7) is 4.16. The topological polar surface area (TPSA) is 56.8 Å². The van der Waals surface area contributed by atoms with E-state index in [0.29, 0.717) is 28.7 Å². The zero-order chi connectivity index (χ0) is 16.0. The van der Waals surface area contributed by atoms with Crippen molar-refractivity contribution < 1.29 is 19.0 Å². The maximum Gasteiger partial charge on any atom is 0.251 e. The number of benzene rings is 1. The summed E-state index contributed by atoms with van der Waals surface area (Å²) in [5, 5.41) is 3.02. The van der Waals surface area contributed by atoms with Crippen LogP contribution in [0.15, 0.2) is 12.1 Å². The lowest BCUT2D eigenvalue weighted by molar-refractivity contribution is 0.0931. The van der Waals surface area contributed by atoms with E-state index in [1.807, 2.05) is 0 Å². The fraction of sp³-hybridized carbons (Fsp3) is 0.533. The Morgan fingerprint density at radius 2 is 1.67 bits per heavy atom. The molecule has 0 aromatic heterocycles. The highest BCUT2D eigenvalue weighted by Crippen LogP contribution is 2.38. The average molecular weight is 407 g/mol. The van der Waals surface area contributed by atoms with Gasteiger partial charge in [-0.05, 0) is 18.1 Å². The van der Waals surface area contributed by atoms with Crippen LogP contribution in [0.4, 0.5) is 0 Å². The van der Waals surface area contributed by atoms with Crippen molar-refractivity contribution in [3.05, 3.63) is 17.7 Å². The first-order valence-electron chi connectivity index (χ1n) is 6.65. The van der Waals surface area contributed by atoms with Crippen molar-refractivity contribution in [3.63, 3.8) is 0 Å². The van der Waals surface area contributed by atoms with Gasteiger partial charge in [0.25, 0.3) is 5.91 Å². The Morgan fingerprint density at radius 3 is 2.00 bits per heavy atom. The van der Waals surface area contributed by atoms with E-state index in [-0.39, 0.29) is 11.9 Å². The molecular weight excluding hydrogens is 385 g/mol. The molecule has 0 saturated carbocycles. The number of methoxy groups -OCH3 is 3. The molecule has 21 heavy (non-hydrogen) atoms. The molecule has 0 aliphatic carbocycles. The Balaban J connectivity index is 3.10. The fourth-order valence-electron chi connectivity index (χ4n) is 1.85. The van der Waals surface area contributed by atoms with E-state index in [2.05, 4.69) is 41.8 Å². The normalized spacial score (nSPS) is 12.0. The van der Waals surface area contributed by atoms with Gasteiger partial charge in [0.2, 0.25) is 5.75 Å². The van der Waals surface area contributed by atoms with Crippen molar-refractivity contribution in [3.8, 4) is 17.2 Å². The number of carbonyl (C=O) groups is 1. The number of alkyl halides is 1. The number of hydrogen-bond donors (Lipinski definition) is 1. The quantitative estimate of drug-likeness (QED) is 0.558. The summed E-state index contributed by atoms with van der Waals surface area (Å²) < 4.78 is 16.6. The summed E-state index contributed by atoms with van der Waals surface area (Å²) >= 11 is 2.27. The standard InChI is InChI=1S/C15H22INO4/c1-9(2)11(8-16)17-15(18)10-6-12(19-3)14(21-5)13(7-10)20-4/h6-7,9,11H,8H2,1-5H3,(H,17,18). The van der Waals surface area contributed by atoms with Crippen LogP contribution in [-0.4, -0.2) is 37.7 Å². The van der Waals surface area contributed by atoms with Crippen LogP contribution in [0, 0.1) is 5.92 Å². The second-order valence-corrected chi connectivity index (χ2v) is 5.77. The average Bonchev–Trinajstić information content (AvgIpc) is 2.50. The van der Waals surface area contributed by atoms with Crippen molar-refractivity contribution in [2.45, 2.75) is 19.9 Å². The summed E-state index contributed by atoms with van der Waals surface area (Å²) in [5.74, 6) is 1.64. The van der Waals surface area contributed by atoms with Gasteiger partial charge >= 0.3 is 0 Å². The smallest absolute Gasteiger partial charge is 0.251 e. The molecule has 1 aromatic rings. The summed E-state index contributed by atoms with van der Waals surface area (Å²) in [6, 6.07) is 3.43. The van der Waals surface area contributed by atoms with Crippen LogP contribution >= 0.6 is 22.6 Å². The van der Waals surface area contributed by atoms with E-state index in [9.17, 15) is 4.79 Å². The maximum atomic E-state index is 12.4. The predicted molar refractivity (Wildman–Crippen MR) is 91.1 cm³/mol. The van der Waals surface area contributed by atoms with Crippen LogP contribution in [-0.2, 0) is 0 Å². The van der Waals surface area contributed by atoms with Crippen molar-refractivity contribution in [2.75, 3.05) is 25.8 Å². The minimum atomic E-state index is -0.149. The minimum absolute atomic E-state index is 0.122. The zero-order valence-electron chi connectivity index (χ0n) is 13.0. The molecule has 1 aromatic carbocycles. The number of halogens is 1. The number of ether oxygens (including phenoxy) is 3. The number of hydrogen-bond acceptors (Lipinski definition) is 4. The van der Waals surface area contributed by atoms with Crippen molar-refractivity contribution in [2.24, 2.45) is 5.92 Å². The molecule has 6 heteroatoms. The molecule has 1 rings (SSSR count). The van der Waals surface area contributed by atoms with E-state index < -0.39 is 0 Å². The minimum Gasteiger partial charge on any atom is -0.493 e. The Kier molecular flexibility index (Phi) is 7.07. The molecule has 1 N–H and O–H groups in total. The second kappa shape index (κ2) is 8.31. The number of amides is 1. The molecule has 0 spiro atoms. The molecule has 5 nitrogen and oxygen atoms in total. The lowest BCUT2D eigenvalue weighted by Gasteiger charge is -2.20. The molecule has 0 radical (unpaired) electrons. The van der Waals surface area contributed by atoms with Gasteiger partial charge in [0.05, 0.1) is 21.3 Å². The monoisotopic (exact) mass is 407 g/mol. The maximum absolute atomic E-state index is 12.4. The van der Waals surface area contributed by atoms with Crippen LogP contribution in [0.3, 0.4) is 0 Å². The van der Waals surface area contributed by atoms with E-state index in [1.165, 1.54) is 21.3 Å². The zero-order valence-corrected chi connectivity index (χ0v) is 15.2. The van der Waals surface area contributed by atoms with Crippen LogP contribution < -0.4 is 19.5 Å². The molecule has 0 saturated heterocycles. The number of carbonyl (C=O) groups excluding carboxylic acids is 1. The molecule has 0 aliphatic heterocycles. The van der Waals surface area contributed by atoms with Crippen molar-refractivity contribution >= 4 is 28.5 Å². The summed E-state index contributed by atoms with van der Waals surface area (Å²) in [6.07, 6.45) is 0. The number of rotatable bonds is 7. The molecule has 1 atom stereocenters. The summed E-state index contributed by atoms with van der Waals surface area (Å²) in [7, 11) is 4.59. The molecule has 0 fully saturated rings. The third-order valence-corrected chi connectivity index (χ3v) is 4.16. The van der Waals surface area contributed by atoms with Gasteiger partial charge in [-0.1, -0.05) is 36.4 Å². The molecule has 0 aliphatic rings. The Bertz CT molecular complexity index is 466. The van der Waals surface area contributed by atoms with Gasteiger partial charge in [-0.15, -0.1) is 0 Å². The predicted octanol–water partition coefficient (Wildman–Crippen LogP) is 2.90. The van der Waals surface area contributed by atoms with E-state index in [1.54, 1.807) is 12.1 Å². The van der Waals surface area contributed by atoms with Gasteiger partial charge in [0.15, 0.2) is 11.5 Å². The molecule has 1 unspecified atom stereocenters. The largest absolute Gasteiger partial charge is 0.493 e. The highest BCUT2D eigenvalue weighted by atomic mass is 127. The van der Waals surface area contributed by atoms with Gasteiger partial charge in [-0.3, -0.25) is 4.79 Å². The Morgan fingerprint density at radius 1 is 1.14 bits per heavy atom. The van der Waals surface area contributed by atoms with Crippen LogP contribution in [0.5, 0.6) is 17.2 Å². The highest BCUT2D eigenvalue weighted by Gasteiger charge is 2.20. The van der Waals surface area contributed by atoms with Crippen molar-refractivity contribution in [1.29, 1.82) is 0 Å². The Labute approximate surface area is 139 Å². The fourth-order valence-corrected chi connectivity index (χ4v) is 3.08. The first kappa shape index (κ1) is 17.9. The third kappa shape index (κ3) is 4.39. The van der Waals surface area contributed by atoms with Gasteiger partial charge in [-0.25, -0.2) is 0 Å². The Hall–Kier alpha value is -1.18. The van der Waals surface area contributed by atoms with E-state index in [0.717, 1.165) is 4.43 Å². The van der Waals surface area contributed by atoms with Crippen LogP contribution in [0.1, 0.15) is 24.2 Å². The van der Waals surface area contributed by atoms with E-state index in [4.69, 9.17) is 14.2 Å². The molecule has 1 amide bonds. The molecule has 0 heterocycles. The van der Waals surface area contributed by atoms with Crippen molar-refractivity contribution in [1.82, 2.24) is 5.32 Å². The lowest BCUT2D eigenvalue weighted by atomic mass is 10.1. The van der Waals surface area contributed by atoms with Crippen LogP contribution in [0.2, 0.25) is 0 Å². The molecular formula is C15H22INO4. The van der Waals surface area contributed by atoms with Gasteiger partial charge in [0, 0.05) is 16.0 Å². The van der Waals surface area contributed by atoms with Gasteiger partial charge in [-0.2, -0.15) is 0 Å². The highest BCUT2D eigenvalue weighted by molar-refractivity contribution is 14.1. The van der Waals surface area contributed by atoms with Gasteiger partial charge < -0.3 is 19.5 Å². The second-order valence-electron chi connectivity index (χ2n) is 4.89. The number of nitrogens with one attached hydrogen (secondary N) is 1. The van der Waals surface area contributed by atoms with Crippen LogP contribution in [0.25, 0.3) is 0 Å². The first-order chi connectivity index (χ1) is 9.98. The lowest BCUT2D eigenvalue weighted by Crippen LogP contribution is -2.39. The molecule has 118 valence electrons. The SMILES string of the molecule is COc1cc(C(=O)NC(CI)C(C)C)cc(OC)c1OC. The van der Waals surface area contributed by atoms with Gasteiger partial charge in [0.1, 0.15) is 0 Å². The van der Waals surface area contributed by atoms with E-state index >= 15 is 0 Å². The summed E-state index contributed by atoms with van der Waals surface area (Å²) in [4.78, 5) is 12.4. The summed E-state index contributed by atoms with van der Waals surface area (Å²) in [5.41, 5.74) is 0.486. The third-order valence-electron chi connectivity index (χ3n) is 3.21.